The van der Waals surface area contributed by atoms with E-state index in [9.17, 15) is 0 Å². The molecular formula is C14H25N5O. The largest absolute Gasteiger partial charge is 0.476 e. The summed E-state index contributed by atoms with van der Waals surface area (Å²) in [6.45, 7) is 5.53. The van der Waals surface area contributed by atoms with Gasteiger partial charge < -0.3 is 15.4 Å². The van der Waals surface area contributed by atoms with Gasteiger partial charge in [0, 0.05) is 6.54 Å². The van der Waals surface area contributed by atoms with Gasteiger partial charge in [0.15, 0.2) is 0 Å². The minimum Gasteiger partial charge on any atom is -0.476 e. The van der Waals surface area contributed by atoms with Gasteiger partial charge in [-0.2, -0.15) is 5.10 Å². The smallest absolute Gasteiger partial charge is 0.244 e. The van der Waals surface area contributed by atoms with Crippen molar-refractivity contribution in [1.82, 2.24) is 15.1 Å². The fourth-order valence-corrected chi connectivity index (χ4v) is 2.08. The number of nitrogen functional groups attached to an aromatic ring is 1. The van der Waals surface area contributed by atoms with Crippen molar-refractivity contribution in [1.29, 1.82) is 5.41 Å². The van der Waals surface area contributed by atoms with E-state index in [1.807, 2.05) is 27.9 Å². The molecule has 20 heavy (non-hydrogen) atoms. The van der Waals surface area contributed by atoms with Gasteiger partial charge in [0.05, 0.1) is 17.9 Å². The standard InChI is InChI=1S/C14H25N5O/c1-5-10-11(6-2)17-18-14(12(10)13(15)16)20-9-7-8-19(3)4/h5-9H2,1-4H3,(H3,15,16). The second-order valence-corrected chi connectivity index (χ2v) is 4.93. The molecule has 1 aromatic rings. The average Bonchev–Trinajstić information content (AvgIpc) is 2.41. The monoisotopic (exact) mass is 279 g/mol. The summed E-state index contributed by atoms with van der Waals surface area (Å²) in [4.78, 5) is 2.10. The van der Waals surface area contributed by atoms with Crippen LogP contribution in [0, 0.1) is 5.41 Å². The van der Waals surface area contributed by atoms with Gasteiger partial charge in [0.2, 0.25) is 5.88 Å². The van der Waals surface area contributed by atoms with Gasteiger partial charge in [-0.25, -0.2) is 0 Å². The van der Waals surface area contributed by atoms with E-state index < -0.39 is 0 Å². The van der Waals surface area contributed by atoms with Gasteiger partial charge in [-0.15, -0.1) is 5.10 Å². The van der Waals surface area contributed by atoms with Crippen LogP contribution in [0.25, 0.3) is 0 Å². The zero-order chi connectivity index (χ0) is 15.1. The van der Waals surface area contributed by atoms with Crippen molar-refractivity contribution in [2.45, 2.75) is 33.1 Å². The van der Waals surface area contributed by atoms with Crippen molar-refractivity contribution in [2.24, 2.45) is 5.73 Å². The fourth-order valence-electron chi connectivity index (χ4n) is 2.08. The Balaban J connectivity index is 2.92. The van der Waals surface area contributed by atoms with Crippen LogP contribution < -0.4 is 10.5 Å². The Morgan fingerprint density at radius 1 is 1.25 bits per heavy atom. The van der Waals surface area contributed by atoms with Gasteiger partial charge in [0.25, 0.3) is 0 Å². The van der Waals surface area contributed by atoms with E-state index >= 15 is 0 Å². The highest BCUT2D eigenvalue weighted by Gasteiger charge is 2.17. The molecule has 0 atom stereocenters. The fraction of sp³-hybridized carbons (Fsp3) is 0.643. The predicted molar refractivity (Wildman–Crippen MR) is 80.5 cm³/mol. The van der Waals surface area contributed by atoms with Gasteiger partial charge in [-0.1, -0.05) is 13.8 Å². The topological polar surface area (TPSA) is 88.1 Å². The number of hydrogen-bond donors (Lipinski definition) is 2. The summed E-state index contributed by atoms with van der Waals surface area (Å²) in [7, 11) is 4.04. The Bertz CT molecular complexity index is 459. The van der Waals surface area contributed by atoms with Crippen LogP contribution in [0.5, 0.6) is 5.88 Å². The van der Waals surface area contributed by atoms with Crippen molar-refractivity contribution < 1.29 is 4.74 Å². The van der Waals surface area contributed by atoms with Crippen LogP contribution in [0.1, 0.15) is 37.1 Å². The second kappa shape index (κ2) is 7.79. The van der Waals surface area contributed by atoms with Crippen LogP contribution in [0.4, 0.5) is 0 Å². The van der Waals surface area contributed by atoms with E-state index in [0.29, 0.717) is 18.1 Å². The quantitative estimate of drug-likeness (QED) is 0.424. The summed E-state index contributed by atoms with van der Waals surface area (Å²) < 4.78 is 5.67. The lowest BCUT2D eigenvalue weighted by molar-refractivity contribution is 0.269. The summed E-state index contributed by atoms with van der Waals surface area (Å²) in [6, 6.07) is 0. The van der Waals surface area contributed by atoms with Crippen LogP contribution >= 0.6 is 0 Å². The van der Waals surface area contributed by atoms with Gasteiger partial charge in [-0.05, 0) is 38.9 Å². The molecule has 3 N–H and O–H groups in total. The third-order valence-electron chi connectivity index (χ3n) is 3.07. The van der Waals surface area contributed by atoms with E-state index in [2.05, 4.69) is 15.1 Å². The van der Waals surface area contributed by atoms with E-state index in [-0.39, 0.29) is 5.84 Å². The lowest BCUT2D eigenvalue weighted by Gasteiger charge is -2.15. The molecule has 1 heterocycles. The first-order valence-corrected chi connectivity index (χ1v) is 7.01. The molecular weight excluding hydrogens is 254 g/mol. The number of nitrogens with zero attached hydrogens (tertiary/aromatic N) is 3. The summed E-state index contributed by atoms with van der Waals surface area (Å²) >= 11 is 0. The molecule has 0 bridgehead atoms. The zero-order valence-corrected chi connectivity index (χ0v) is 12.9. The molecule has 6 heteroatoms. The van der Waals surface area contributed by atoms with Crippen molar-refractivity contribution >= 4 is 5.84 Å². The molecule has 0 saturated carbocycles. The molecule has 0 aliphatic carbocycles. The lowest BCUT2D eigenvalue weighted by atomic mass is 10.0. The molecule has 6 nitrogen and oxygen atoms in total. The molecule has 0 aliphatic rings. The summed E-state index contributed by atoms with van der Waals surface area (Å²) in [6.07, 6.45) is 2.43. The number of hydrogen-bond acceptors (Lipinski definition) is 5. The van der Waals surface area contributed by atoms with Crippen LogP contribution in [0.15, 0.2) is 0 Å². The summed E-state index contributed by atoms with van der Waals surface area (Å²) in [5.41, 5.74) is 8.15. The van der Waals surface area contributed by atoms with Crippen molar-refractivity contribution in [2.75, 3.05) is 27.2 Å². The molecule has 0 amide bonds. The number of aromatic nitrogens is 2. The van der Waals surface area contributed by atoms with E-state index in [1.54, 1.807) is 0 Å². The van der Waals surface area contributed by atoms with Gasteiger partial charge in [-0.3, -0.25) is 5.41 Å². The van der Waals surface area contributed by atoms with E-state index in [0.717, 1.165) is 37.1 Å². The maximum atomic E-state index is 7.76. The maximum Gasteiger partial charge on any atom is 0.244 e. The number of ether oxygens (including phenoxy) is 1. The molecule has 1 rings (SSSR count). The van der Waals surface area contributed by atoms with Crippen molar-refractivity contribution in [3.63, 3.8) is 0 Å². The molecule has 0 spiro atoms. The van der Waals surface area contributed by atoms with E-state index in [1.165, 1.54) is 0 Å². The molecule has 0 saturated heterocycles. The Morgan fingerprint density at radius 3 is 2.45 bits per heavy atom. The Kier molecular flexibility index (Phi) is 6.38. The molecule has 1 aromatic heterocycles. The molecule has 0 radical (unpaired) electrons. The van der Waals surface area contributed by atoms with Gasteiger partial charge in [0.1, 0.15) is 5.84 Å². The third kappa shape index (κ3) is 4.16. The minimum absolute atomic E-state index is 0.00550. The number of aryl methyl sites for hydroxylation is 1. The first-order chi connectivity index (χ1) is 9.51. The highest BCUT2D eigenvalue weighted by Crippen LogP contribution is 2.22. The third-order valence-corrected chi connectivity index (χ3v) is 3.07. The van der Waals surface area contributed by atoms with Crippen LogP contribution in [-0.4, -0.2) is 48.2 Å². The maximum absolute atomic E-state index is 7.76. The van der Waals surface area contributed by atoms with Crippen molar-refractivity contribution in [3.8, 4) is 5.88 Å². The van der Waals surface area contributed by atoms with E-state index in [4.69, 9.17) is 15.9 Å². The normalized spacial score (nSPS) is 10.8. The zero-order valence-electron chi connectivity index (χ0n) is 12.9. The molecule has 0 aliphatic heterocycles. The highest BCUT2D eigenvalue weighted by atomic mass is 16.5. The number of amidine groups is 1. The Morgan fingerprint density at radius 2 is 1.95 bits per heavy atom. The number of nitrogens with two attached hydrogens (primary N) is 1. The lowest BCUT2D eigenvalue weighted by Crippen LogP contribution is -2.20. The predicted octanol–water partition coefficient (Wildman–Crippen LogP) is 1.22. The first kappa shape index (κ1) is 16.4. The molecule has 112 valence electrons. The average molecular weight is 279 g/mol. The number of nitrogens with one attached hydrogen (secondary N) is 1. The summed E-state index contributed by atoms with van der Waals surface area (Å²) in [5.74, 6) is 0.374. The first-order valence-electron chi connectivity index (χ1n) is 7.01. The Hall–Kier alpha value is -1.69. The van der Waals surface area contributed by atoms with Crippen LogP contribution in [0.3, 0.4) is 0 Å². The van der Waals surface area contributed by atoms with Crippen LogP contribution in [-0.2, 0) is 12.8 Å². The SMILES string of the molecule is CCc1nnc(OCCCN(C)C)c(C(=N)N)c1CC. The molecule has 0 fully saturated rings. The second-order valence-electron chi connectivity index (χ2n) is 4.93. The number of rotatable bonds is 8. The molecule has 0 unspecified atom stereocenters. The van der Waals surface area contributed by atoms with Crippen LogP contribution in [0.2, 0.25) is 0 Å². The Labute approximate surface area is 120 Å². The van der Waals surface area contributed by atoms with Gasteiger partial charge >= 0.3 is 0 Å². The minimum atomic E-state index is -0.00550. The summed E-state index contributed by atoms with van der Waals surface area (Å²) in [5, 5.41) is 16.0. The highest BCUT2D eigenvalue weighted by molar-refractivity contribution is 5.98. The molecule has 0 aromatic carbocycles. The van der Waals surface area contributed by atoms with Crippen molar-refractivity contribution in [3.05, 3.63) is 16.8 Å².